The lowest BCUT2D eigenvalue weighted by molar-refractivity contribution is -0.131. The highest BCUT2D eigenvalue weighted by Crippen LogP contribution is 2.13. The fourth-order valence-electron chi connectivity index (χ4n) is 1.99. The number of nitrogens with one attached hydrogen (secondary N) is 1. The third-order valence-corrected chi connectivity index (χ3v) is 4.83. The first-order chi connectivity index (χ1) is 9.53. The number of hydrogen-bond acceptors (Lipinski definition) is 5. The molecule has 1 heterocycles. The van der Waals surface area contributed by atoms with E-state index in [4.69, 9.17) is 5.26 Å². The lowest BCUT2D eigenvalue weighted by Crippen LogP contribution is -2.49. The number of benzene rings is 1. The predicted molar refractivity (Wildman–Crippen MR) is 72.7 cm³/mol. The zero-order chi connectivity index (χ0) is 14.6. The maximum atomic E-state index is 12.2. The van der Waals surface area contributed by atoms with E-state index in [1.54, 1.807) is 17.0 Å². The molecular formula is C13H15N3O3S. The first-order valence-electron chi connectivity index (χ1n) is 6.24. The molecule has 0 aromatic heterocycles. The quantitative estimate of drug-likeness (QED) is 0.827. The number of nitriles is 1. The van der Waals surface area contributed by atoms with E-state index in [0.29, 0.717) is 18.7 Å². The van der Waals surface area contributed by atoms with E-state index < -0.39 is 9.84 Å². The zero-order valence-electron chi connectivity index (χ0n) is 10.9. The van der Waals surface area contributed by atoms with Crippen molar-refractivity contribution in [3.63, 3.8) is 0 Å². The highest BCUT2D eigenvalue weighted by molar-refractivity contribution is 7.91. The second-order valence-corrected chi connectivity index (χ2v) is 6.63. The molecule has 1 amide bonds. The normalized spacial score (nSPS) is 15.9. The molecule has 6 nitrogen and oxygen atoms in total. The van der Waals surface area contributed by atoms with Gasteiger partial charge in [0.2, 0.25) is 5.91 Å². The van der Waals surface area contributed by atoms with Crippen LogP contribution in [-0.4, -0.2) is 51.2 Å². The van der Waals surface area contributed by atoms with E-state index in [2.05, 4.69) is 5.32 Å². The highest BCUT2D eigenvalue weighted by Gasteiger charge is 2.21. The molecule has 0 spiro atoms. The maximum Gasteiger partial charge on any atom is 0.236 e. The Morgan fingerprint density at radius 1 is 1.40 bits per heavy atom. The van der Waals surface area contributed by atoms with Gasteiger partial charge in [0.15, 0.2) is 9.84 Å². The van der Waals surface area contributed by atoms with Crippen LogP contribution in [0.1, 0.15) is 5.56 Å². The molecule has 0 atom stereocenters. The van der Waals surface area contributed by atoms with Gasteiger partial charge in [-0.3, -0.25) is 4.79 Å². The molecule has 0 aliphatic carbocycles. The molecule has 20 heavy (non-hydrogen) atoms. The minimum absolute atomic E-state index is 0.0859. The molecule has 1 N–H and O–H groups in total. The molecule has 1 aromatic carbocycles. The minimum atomic E-state index is -3.48. The van der Waals surface area contributed by atoms with Crippen LogP contribution >= 0.6 is 0 Å². The second kappa shape index (κ2) is 6.03. The van der Waals surface area contributed by atoms with Crippen LogP contribution < -0.4 is 5.32 Å². The van der Waals surface area contributed by atoms with Crippen LogP contribution in [0.25, 0.3) is 0 Å². The molecular weight excluding hydrogens is 278 g/mol. The molecule has 2 rings (SSSR count). The summed E-state index contributed by atoms with van der Waals surface area (Å²) >= 11 is 0. The van der Waals surface area contributed by atoms with Crippen LogP contribution in [0.4, 0.5) is 0 Å². The summed E-state index contributed by atoms with van der Waals surface area (Å²) in [6.07, 6.45) is 0. The van der Waals surface area contributed by atoms with Crippen molar-refractivity contribution in [2.75, 3.05) is 31.9 Å². The summed E-state index contributed by atoms with van der Waals surface area (Å²) in [6.45, 7) is 1.63. The number of hydrogen-bond donors (Lipinski definition) is 1. The molecule has 0 saturated carbocycles. The largest absolute Gasteiger partial charge is 0.339 e. The minimum Gasteiger partial charge on any atom is -0.339 e. The monoisotopic (exact) mass is 293 g/mol. The second-order valence-electron chi connectivity index (χ2n) is 4.52. The van der Waals surface area contributed by atoms with Crippen LogP contribution in [0.3, 0.4) is 0 Å². The Labute approximate surface area is 117 Å². The fourth-order valence-corrected chi connectivity index (χ4v) is 3.28. The zero-order valence-corrected chi connectivity index (χ0v) is 11.7. The van der Waals surface area contributed by atoms with Gasteiger partial charge in [-0.2, -0.15) is 5.26 Å². The van der Waals surface area contributed by atoms with Gasteiger partial charge in [-0.1, -0.05) is 6.07 Å². The number of carbonyl (C=O) groups is 1. The van der Waals surface area contributed by atoms with Crippen molar-refractivity contribution in [3.8, 4) is 6.07 Å². The SMILES string of the molecule is N#Cc1cccc(S(=O)(=O)CCN2CCNCC2=O)c1. The van der Waals surface area contributed by atoms with Gasteiger partial charge in [-0.25, -0.2) is 8.42 Å². The van der Waals surface area contributed by atoms with Crippen molar-refractivity contribution < 1.29 is 13.2 Å². The van der Waals surface area contributed by atoms with Gasteiger partial charge < -0.3 is 10.2 Å². The van der Waals surface area contributed by atoms with E-state index in [9.17, 15) is 13.2 Å². The molecule has 0 unspecified atom stereocenters. The van der Waals surface area contributed by atoms with Crippen molar-refractivity contribution in [1.29, 1.82) is 5.26 Å². The number of piperazine rings is 1. The van der Waals surface area contributed by atoms with Crippen LogP contribution in [0.15, 0.2) is 29.2 Å². The van der Waals surface area contributed by atoms with Gasteiger partial charge in [0.1, 0.15) is 0 Å². The van der Waals surface area contributed by atoms with E-state index in [1.165, 1.54) is 12.1 Å². The Balaban J connectivity index is 2.07. The van der Waals surface area contributed by atoms with E-state index >= 15 is 0 Å². The Hall–Kier alpha value is -1.91. The van der Waals surface area contributed by atoms with Crippen LogP contribution in [0.2, 0.25) is 0 Å². The van der Waals surface area contributed by atoms with Crippen molar-refractivity contribution in [3.05, 3.63) is 29.8 Å². The maximum absolute atomic E-state index is 12.2. The Bertz CT molecular complexity index is 649. The first-order valence-corrected chi connectivity index (χ1v) is 7.89. The Morgan fingerprint density at radius 3 is 2.90 bits per heavy atom. The first kappa shape index (κ1) is 14.5. The standard InChI is InChI=1S/C13H15N3O3S/c14-9-11-2-1-3-12(8-11)20(18,19)7-6-16-5-4-15-10-13(16)17/h1-3,8,15H,4-7,10H2. The van der Waals surface area contributed by atoms with Crippen molar-refractivity contribution in [2.24, 2.45) is 0 Å². The summed E-state index contributed by atoms with van der Waals surface area (Å²) in [5, 5.41) is 11.7. The van der Waals surface area contributed by atoms with Gasteiger partial charge in [0.05, 0.1) is 28.8 Å². The van der Waals surface area contributed by atoms with Crippen molar-refractivity contribution >= 4 is 15.7 Å². The molecule has 1 aromatic rings. The van der Waals surface area contributed by atoms with E-state index in [0.717, 1.165) is 0 Å². The van der Waals surface area contributed by atoms with E-state index in [-0.39, 0.29) is 29.6 Å². The van der Waals surface area contributed by atoms with Gasteiger partial charge in [-0.05, 0) is 18.2 Å². The molecule has 1 fully saturated rings. The van der Waals surface area contributed by atoms with Gasteiger partial charge in [-0.15, -0.1) is 0 Å². The average Bonchev–Trinajstić information content (AvgIpc) is 2.46. The topological polar surface area (TPSA) is 90.3 Å². The third kappa shape index (κ3) is 3.35. The number of rotatable bonds is 4. The van der Waals surface area contributed by atoms with Crippen LogP contribution in [-0.2, 0) is 14.6 Å². The molecule has 7 heteroatoms. The highest BCUT2D eigenvalue weighted by atomic mass is 32.2. The lowest BCUT2D eigenvalue weighted by atomic mass is 10.2. The number of sulfone groups is 1. The van der Waals surface area contributed by atoms with Crippen molar-refractivity contribution in [1.82, 2.24) is 10.2 Å². The van der Waals surface area contributed by atoms with E-state index in [1.807, 2.05) is 6.07 Å². The van der Waals surface area contributed by atoms with Crippen LogP contribution in [0.5, 0.6) is 0 Å². The molecule has 0 bridgehead atoms. The molecule has 106 valence electrons. The summed E-state index contributed by atoms with van der Waals surface area (Å²) in [4.78, 5) is 13.2. The summed E-state index contributed by atoms with van der Waals surface area (Å²) in [5.41, 5.74) is 0.310. The Kier molecular flexibility index (Phi) is 4.37. The fraction of sp³-hybridized carbons (Fsp3) is 0.385. The van der Waals surface area contributed by atoms with Gasteiger partial charge in [0.25, 0.3) is 0 Å². The van der Waals surface area contributed by atoms with Crippen molar-refractivity contribution in [2.45, 2.75) is 4.90 Å². The molecule has 1 aliphatic heterocycles. The van der Waals surface area contributed by atoms with Gasteiger partial charge >= 0.3 is 0 Å². The lowest BCUT2D eigenvalue weighted by Gasteiger charge is -2.27. The smallest absolute Gasteiger partial charge is 0.236 e. The summed E-state index contributed by atoms with van der Waals surface area (Å²) < 4.78 is 24.4. The summed E-state index contributed by atoms with van der Waals surface area (Å²) in [5.74, 6) is -0.217. The third-order valence-electron chi connectivity index (χ3n) is 3.14. The van der Waals surface area contributed by atoms with Crippen LogP contribution in [0, 0.1) is 11.3 Å². The summed E-state index contributed by atoms with van der Waals surface area (Å²) in [7, 11) is -3.48. The molecule has 0 radical (unpaired) electrons. The summed E-state index contributed by atoms with van der Waals surface area (Å²) in [6, 6.07) is 7.84. The number of carbonyl (C=O) groups excluding carboxylic acids is 1. The molecule has 1 saturated heterocycles. The predicted octanol–water partition coefficient (Wildman–Crippen LogP) is -0.236. The number of amides is 1. The van der Waals surface area contributed by atoms with Gasteiger partial charge in [0, 0.05) is 19.6 Å². The molecule has 1 aliphatic rings. The average molecular weight is 293 g/mol. The Morgan fingerprint density at radius 2 is 2.20 bits per heavy atom. The number of nitrogens with zero attached hydrogens (tertiary/aromatic N) is 2.